The van der Waals surface area contributed by atoms with E-state index in [1.807, 2.05) is 0 Å². The molecule has 0 aromatic rings. The molecule has 0 rings (SSSR count). The van der Waals surface area contributed by atoms with Crippen LogP contribution < -0.4 is 0 Å². The van der Waals surface area contributed by atoms with E-state index in [4.69, 9.17) is 0 Å². The smallest absolute Gasteiger partial charge is 0.0257 e. The van der Waals surface area contributed by atoms with Crippen molar-refractivity contribution in [2.75, 3.05) is 46.8 Å². The van der Waals surface area contributed by atoms with Crippen molar-refractivity contribution in [1.82, 2.24) is 14.9 Å². The van der Waals surface area contributed by atoms with E-state index >= 15 is 0 Å². The van der Waals surface area contributed by atoms with Gasteiger partial charge in [-0.1, -0.05) is 20.8 Å². The van der Waals surface area contributed by atoms with E-state index in [0.717, 1.165) is 32.7 Å². The van der Waals surface area contributed by atoms with Crippen LogP contribution in [0.3, 0.4) is 0 Å². The Morgan fingerprint density at radius 3 is 1.69 bits per heavy atom. The molecule has 0 amide bonds. The van der Waals surface area contributed by atoms with Crippen LogP contribution in [0.2, 0.25) is 0 Å². The minimum atomic E-state index is 1.10. The van der Waals surface area contributed by atoms with Crippen LogP contribution in [-0.2, 0) is 0 Å². The van der Waals surface area contributed by atoms with Gasteiger partial charge < -0.3 is 4.90 Å². The summed E-state index contributed by atoms with van der Waals surface area (Å²) >= 11 is 0. The Kier molecular flexibility index (Phi) is 7.23. The molecule has 13 heavy (non-hydrogen) atoms. The molecule has 0 spiro atoms. The van der Waals surface area contributed by atoms with Gasteiger partial charge in [-0.2, -0.15) is 0 Å². The highest BCUT2D eigenvalue weighted by atomic mass is 15.6. The van der Waals surface area contributed by atoms with Gasteiger partial charge in [0.1, 0.15) is 0 Å². The van der Waals surface area contributed by atoms with E-state index in [9.17, 15) is 0 Å². The number of hydrogen-bond acceptors (Lipinski definition) is 3. The maximum Gasteiger partial charge on any atom is 0.0257 e. The van der Waals surface area contributed by atoms with Crippen molar-refractivity contribution < 1.29 is 0 Å². The molecule has 0 radical (unpaired) electrons. The first-order valence-corrected chi connectivity index (χ1v) is 5.30. The van der Waals surface area contributed by atoms with Gasteiger partial charge in [0.05, 0.1) is 0 Å². The van der Waals surface area contributed by atoms with E-state index in [-0.39, 0.29) is 0 Å². The molecule has 0 aliphatic heterocycles. The Morgan fingerprint density at radius 2 is 1.31 bits per heavy atom. The van der Waals surface area contributed by atoms with Crippen LogP contribution in [0, 0.1) is 0 Å². The lowest BCUT2D eigenvalue weighted by Crippen LogP contribution is -2.43. The predicted molar refractivity (Wildman–Crippen MR) is 58.7 cm³/mol. The maximum atomic E-state index is 2.35. The summed E-state index contributed by atoms with van der Waals surface area (Å²) in [6.07, 6.45) is 0. The van der Waals surface area contributed by atoms with Crippen molar-refractivity contribution >= 4 is 0 Å². The third kappa shape index (κ3) is 5.24. The minimum Gasteiger partial charge on any atom is -0.305 e. The molecular formula is C10H25N3. The van der Waals surface area contributed by atoms with Gasteiger partial charge in [-0.25, -0.2) is 10.0 Å². The van der Waals surface area contributed by atoms with Crippen molar-refractivity contribution in [3.05, 3.63) is 0 Å². The molecule has 0 heterocycles. The van der Waals surface area contributed by atoms with E-state index in [0.29, 0.717) is 0 Å². The molecule has 0 aliphatic rings. The summed E-state index contributed by atoms with van der Waals surface area (Å²) in [6.45, 7) is 12.2. The SMILES string of the molecule is CCN(C)CCN(C)N(CC)CC. The molecule has 0 fully saturated rings. The van der Waals surface area contributed by atoms with Crippen molar-refractivity contribution in [2.24, 2.45) is 0 Å². The molecule has 3 heteroatoms. The van der Waals surface area contributed by atoms with E-state index in [2.05, 4.69) is 49.8 Å². The van der Waals surface area contributed by atoms with Crippen LogP contribution in [-0.4, -0.2) is 61.7 Å². The van der Waals surface area contributed by atoms with E-state index in [1.165, 1.54) is 0 Å². The largest absolute Gasteiger partial charge is 0.305 e. The Morgan fingerprint density at radius 1 is 0.769 bits per heavy atom. The fourth-order valence-electron chi connectivity index (χ4n) is 1.32. The molecule has 0 unspecified atom stereocenters. The number of likely N-dealkylation sites (N-methyl/N-ethyl adjacent to an activating group) is 2. The number of hydrogen-bond donors (Lipinski definition) is 0. The van der Waals surface area contributed by atoms with Gasteiger partial charge in [-0.05, 0) is 13.6 Å². The second-order valence-corrected chi connectivity index (χ2v) is 3.42. The molecule has 80 valence electrons. The quantitative estimate of drug-likeness (QED) is 0.553. The summed E-state index contributed by atoms with van der Waals surface area (Å²) in [5.74, 6) is 0. The first-order valence-electron chi connectivity index (χ1n) is 5.30. The molecule has 0 bridgehead atoms. The third-order valence-electron chi connectivity index (χ3n) is 2.56. The number of rotatable bonds is 7. The Bertz CT molecular complexity index is 113. The topological polar surface area (TPSA) is 9.72 Å². The average Bonchev–Trinajstić information content (AvgIpc) is 2.16. The zero-order chi connectivity index (χ0) is 10.3. The van der Waals surface area contributed by atoms with E-state index < -0.39 is 0 Å². The summed E-state index contributed by atoms with van der Waals surface area (Å²) < 4.78 is 0. The Hall–Kier alpha value is -0.120. The molecule has 0 atom stereocenters. The lowest BCUT2D eigenvalue weighted by Gasteiger charge is -2.31. The molecular weight excluding hydrogens is 162 g/mol. The lowest BCUT2D eigenvalue weighted by atomic mass is 10.5. The van der Waals surface area contributed by atoms with Crippen LogP contribution in [0.15, 0.2) is 0 Å². The van der Waals surface area contributed by atoms with Crippen LogP contribution in [0.1, 0.15) is 20.8 Å². The van der Waals surface area contributed by atoms with Crippen LogP contribution in [0.5, 0.6) is 0 Å². The molecule has 0 saturated carbocycles. The lowest BCUT2D eigenvalue weighted by molar-refractivity contribution is 0.00446. The van der Waals surface area contributed by atoms with Gasteiger partial charge in [0.2, 0.25) is 0 Å². The van der Waals surface area contributed by atoms with Gasteiger partial charge >= 0.3 is 0 Å². The van der Waals surface area contributed by atoms with Crippen LogP contribution in [0.25, 0.3) is 0 Å². The summed E-state index contributed by atoms with van der Waals surface area (Å²) in [6, 6.07) is 0. The highest BCUT2D eigenvalue weighted by Gasteiger charge is 2.06. The van der Waals surface area contributed by atoms with Gasteiger partial charge in [-0.15, -0.1) is 0 Å². The molecule has 0 saturated heterocycles. The van der Waals surface area contributed by atoms with Gasteiger partial charge in [0, 0.05) is 33.2 Å². The van der Waals surface area contributed by atoms with Gasteiger partial charge in [0.25, 0.3) is 0 Å². The number of nitrogens with zero attached hydrogens (tertiary/aromatic N) is 3. The molecule has 3 nitrogen and oxygen atoms in total. The Labute approximate surface area is 83.3 Å². The van der Waals surface area contributed by atoms with Crippen LogP contribution >= 0.6 is 0 Å². The first kappa shape index (κ1) is 12.9. The van der Waals surface area contributed by atoms with Crippen molar-refractivity contribution in [3.63, 3.8) is 0 Å². The second kappa shape index (κ2) is 7.30. The summed E-state index contributed by atoms with van der Waals surface area (Å²) in [7, 11) is 4.33. The monoisotopic (exact) mass is 187 g/mol. The van der Waals surface area contributed by atoms with Gasteiger partial charge in [-0.3, -0.25) is 0 Å². The highest BCUT2D eigenvalue weighted by molar-refractivity contribution is 4.54. The maximum absolute atomic E-state index is 2.35. The van der Waals surface area contributed by atoms with Gasteiger partial charge in [0.15, 0.2) is 0 Å². The Balaban J connectivity index is 3.65. The predicted octanol–water partition coefficient (Wildman–Crippen LogP) is 1.13. The number of hydrazine groups is 1. The normalized spacial score (nSPS) is 12.0. The molecule has 0 aromatic carbocycles. The summed E-state index contributed by atoms with van der Waals surface area (Å²) in [4.78, 5) is 2.33. The zero-order valence-corrected chi connectivity index (χ0v) is 9.88. The summed E-state index contributed by atoms with van der Waals surface area (Å²) in [5.41, 5.74) is 0. The fraction of sp³-hybridized carbons (Fsp3) is 1.00. The van der Waals surface area contributed by atoms with Crippen molar-refractivity contribution in [2.45, 2.75) is 20.8 Å². The van der Waals surface area contributed by atoms with Crippen LogP contribution in [0.4, 0.5) is 0 Å². The molecule has 0 aromatic heterocycles. The highest BCUT2D eigenvalue weighted by Crippen LogP contribution is 1.94. The van der Waals surface area contributed by atoms with Crippen molar-refractivity contribution in [3.8, 4) is 0 Å². The second-order valence-electron chi connectivity index (χ2n) is 3.42. The minimum absolute atomic E-state index is 1.10. The first-order chi connectivity index (χ1) is 6.15. The third-order valence-corrected chi connectivity index (χ3v) is 2.56. The van der Waals surface area contributed by atoms with E-state index in [1.54, 1.807) is 0 Å². The average molecular weight is 187 g/mol. The fourth-order valence-corrected chi connectivity index (χ4v) is 1.32. The summed E-state index contributed by atoms with van der Waals surface area (Å²) in [5, 5.41) is 4.66. The standard InChI is InChI=1S/C10H25N3/c1-6-11(4)9-10-12(5)13(7-2)8-3/h6-10H2,1-5H3. The zero-order valence-electron chi connectivity index (χ0n) is 9.88. The molecule has 0 N–H and O–H groups in total. The molecule has 0 aliphatic carbocycles. The van der Waals surface area contributed by atoms with Crippen molar-refractivity contribution in [1.29, 1.82) is 0 Å².